The average molecular weight is 293 g/mol. The van der Waals surface area contributed by atoms with Crippen molar-refractivity contribution in [1.29, 1.82) is 0 Å². The standard InChI is InChI=1S/C19H19NO2/c1-3-8-13(2)19(21)20-18-14-9-4-6-11-16(14)22-17-12-7-5-10-15(17)18/h4-12,18H,3H2,1-2H3,(H,20,21)/b13-8-. The van der Waals surface area contributed by atoms with Crippen LogP contribution in [0.15, 0.2) is 60.2 Å². The topological polar surface area (TPSA) is 38.3 Å². The summed E-state index contributed by atoms with van der Waals surface area (Å²) >= 11 is 0. The molecule has 22 heavy (non-hydrogen) atoms. The molecule has 0 saturated carbocycles. The first-order valence-corrected chi connectivity index (χ1v) is 7.54. The number of carbonyl (C=O) groups excluding carboxylic acids is 1. The van der Waals surface area contributed by atoms with Crippen LogP contribution < -0.4 is 10.1 Å². The van der Waals surface area contributed by atoms with E-state index in [1.54, 1.807) is 0 Å². The highest BCUT2D eigenvalue weighted by Gasteiger charge is 2.28. The van der Waals surface area contributed by atoms with E-state index in [0.717, 1.165) is 34.6 Å². The molecule has 1 amide bonds. The van der Waals surface area contributed by atoms with Crippen LogP contribution in [0.25, 0.3) is 0 Å². The third-order valence-electron chi connectivity index (χ3n) is 3.82. The van der Waals surface area contributed by atoms with Crippen LogP contribution in [-0.2, 0) is 4.79 Å². The van der Waals surface area contributed by atoms with Gasteiger partial charge in [-0.2, -0.15) is 0 Å². The summed E-state index contributed by atoms with van der Waals surface area (Å²) in [6.07, 6.45) is 2.78. The molecule has 0 bridgehead atoms. The number of allylic oxidation sites excluding steroid dienone is 1. The zero-order valence-corrected chi connectivity index (χ0v) is 12.8. The van der Waals surface area contributed by atoms with Crippen LogP contribution in [0.4, 0.5) is 0 Å². The highest BCUT2D eigenvalue weighted by molar-refractivity contribution is 5.93. The Morgan fingerprint density at radius 3 is 2.18 bits per heavy atom. The Morgan fingerprint density at radius 1 is 1.09 bits per heavy atom. The number of benzene rings is 2. The summed E-state index contributed by atoms with van der Waals surface area (Å²) < 4.78 is 5.93. The summed E-state index contributed by atoms with van der Waals surface area (Å²) in [6.45, 7) is 3.87. The van der Waals surface area contributed by atoms with Gasteiger partial charge in [-0.25, -0.2) is 0 Å². The van der Waals surface area contributed by atoms with Crippen molar-refractivity contribution in [1.82, 2.24) is 5.32 Å². The van der Waals surface area contributed by atoms with Gasteiger partial charge in [-0.1, -0.05) is 49.4 Å². The van der Waals surface area contributed by atoms with Gasteiger partial charge in [-0.15, -0.1) is 0 Å². The number of para-hydroxylation sites is 2. The highest BCUT2D eigenvalue weighted by Crippen LogP contribution is 2.42. The van der Waals surface area contributed by atoms with Gasteiger partial charge >= 0.3 is 0 Å². The number of fused-ring (bicyclic) bond motifs is 2. The molecule has 0 atom stereocenters. The number of hydrogen-bond acceptors (Lipinski definition) is 2. The molecule has 1 N–H and O–H groups in total. The third kappa shape index (κ3) is 2.62. The number of amides is 1. The van der Waals surface area contributed by atoms with Gasteiger partial charge < -0.3 is 10.1 Å². The maximum Gasteiger partial charge on any atom is 0.247 e. The molecule has 2 aromatic rings. The van der Waals surface area contributed by atoms with Crippen molar-refractivity contribution in [2.45, 2.75) is 26.3 Å². The smallest absolute Gasteiger partial charge is 0.247 e. The predicted octanol–water partition coefficient (Wildman–Crippen LogP) is 4.35. The van der Waals surface area contributed by atoms with Gasteiger partial charge in [0, 0.05) is 16.7 Å². The first-order valence-electron chi connectivity index (χ1n) is 7.54. The van der Waals surface area contributed by atoms with Crippen molar-refractivity contribution in [3.8, 4) is 11.5 Å². The maximum atomic E-state index is 12.4. The van der Waals surface area contributed by atoms with Crippen LogP contribution in [0.5, 0.6) is 11.5 Å². The minimum Gasteiger partial charge on any atom is -0.457 e. The number of ether oxygens (including phenoxy) is 1. The van der Waals surface area contributed by atoms with Crippen LogP contribution in [0.2, 0.25) is 0 Å². The Bertz CT molecular complexity index is 688. The molecular formula is C19H19NO2. The van der Waals surface area contributed by atoms with E-state index in [1.807, 2.05) is 68.5 Å². The van der Waals surface area contributed by atoms with Crippen LogP contribution in [-0.4, -0.2) is 5.91 Å². The van der Waals surface area contributed by atoms with E-state index in [-0.39, 0.29) is 11.9 Å². The van der Waals surface area contributed by atoms with Gasteiger partial charge in [0.2, 0.25) is 5.91 Å². The first-order chi connectivity index (χ1) is 10.7. The molecule has 3 heteroatoms. The van der Waals surface area contributed by atoms with Gasteiger partial charge in [0.05, 0.1) is 6.04 Å². The largest absolute Gasteiger partial charge is 0.457 e. The van der Waals surface area contributed by atoms with Crippen LogP contribution in [0.1, 0.15) is 37.4 Å². The molecule has 0 aromatic heterocycles. The van der Waals surface area contributed by atoms with Gasteiger partial charge in [-0.05, 0) is 25.5 Å². The lowest BCUT2D eigenvalue weighted by molar-refractivity contribution is -0.118. The van der Waals surface area contributed by atoms with Crippen molar-refractivity contribution in [3.05, 3.63) is 71.3 Å². The Morgan fingerprint density at radius 2 is 1.64 bits per heavy atom. The molecule has 1 aliphatic rings. The van der Waals surface area contributed by atoms with E-state index in [0.29, 0.717) is 0 Å². The van der Waals surface area contributed by atoms with Gasteiger partial charge in [-0.3, -0.25) is 4.79 Å². The minimum atomic E-state index is -0.186. The summed E-state index contributed by atoms with van der Waals surface area (Å²) in [7, 11) is 0. The van der Waals surface area contributed by atoms with E-state index in [4.69, 9.17) is 4.74 Å². The van der Waals surface area contributed by atoms with E-state index in [2.05, 4.69) is 5.32 Å². The first kappa shape index (κ1) is 14.4. The van der Waals surface area contributed by atoms with Gasteiger partial charge in [0.25, 0.3) is 0 Å². The minimum absolute atomic E-state index is 0.0432. The molecule has 0 fully saturated rings. The second-order valence-electron chi connectivity index (χ2n) is 5.38. The van der Waals surface area contributed by atoms with Crippen LogP contribution >= 0.6 is 0 Å². The second kappa shape index (κ2) is 6.06. The Labute approximate surface area is 130 Å². The number of nitrogens with one attached hydrogen (secondary N) is 1. The fourth-order valence-corrected chi connectivity index (χ4v) is 2.71. The summed E-state index contributed by atoms with van der Waals surface area (Å²) in [5.41, 5.74) is 2.71. The molecule has 0 spiro atoms. The predicted molar refractivity (Wildman–Crippen MR) is 87.0 cm³/mol. The summed E-state index contributed by atoms with van der Waals surface area (Å²) in [4.78, 5) is 12.4. The molecule has 2 aromatic carbocycles. The molecule has 112 valence electrons. The van der Waals surface area contributed by atoms with Crippen molar-refractivity contribution in [3.63, 3.8) is 0 Å². The third-order valence-corrected chi connectivity index (χ3v) is 3.82. The lowest BCUT2D eigenvalue weighted by Crippen LogP contribution is -2.31. The number of carbonyl (C=O) groups is 1. The molecule has 3 rings (SSSR count). The normalized spacial score (nSPS) is 13.8. The molecule has 3 nitrogen and oxygen atoms in total. The van der Waals surface area contributed by atoms with Crippen molar-refractivity contribution in [2.75, 3.05) is 0 Å². The lowest BCUT2D eigenvalue weighted by atomic mass is 9.94. The molecule has 1 aliphatic heterocycles. The second-order valence-corrected chi connectivity index (χ2v) is 5.38. The Balaban J connectivity index is 2.00. The number of hydrogen-bond donors (Lipinski definition) is 1. The Kier molecular flexibility index (Phi) is 3.96. The van der Waals surface area contributed by atoms with Crippen LogP contribution in [0, 0.1) is 0 Å². The van der Waals surface area contributed by atoms with E-state index < -0.39 is 0 Å². The van der Waals surface area contributed by atoms with E-state index in [9.17, 15) is 4.79 Å². The SMILES string of the molecule is CC/C=C(/C)C(=O)NC1c2ccccc2Oc2ccccc21. The molecule has 0 radical (unpaired) electrons. The fraction of sp³-hybridized carbons (Fsp3) is 0.211. The van der Waals surface area contributed by atoms with E-state index >= 15 is 0 Å². The van der Waals surface area contributed by atoms with Crippen LogP contribution in [0.3, 0.4) is 0 Å². The van der Waals surface area contributed by atoms with Gasteiger partial charge in [0.1, 0.15) is 11.5 Å². The molecule has 0 unspecified atom stereocenters. The summed E-state index contributed by atoms with van der Waals surface area (Å²) in [5, 5.41) is 3.13. The molecular weight excluding hydrogens is 274 g/mol. The summed E-state index contributed by atoms with van der Waals surface area (Å²) in [5.74, 6) is 1.55. The van der Waals surface area contributed by atoms with Crippen molar-refractivity contribution < 1.29 is 9.53 Å². The average Bonchev–Trinajstić information content (AvgIpc) is 2.54. The fourth-order valence-electron chi connectivity index (χ4n) is 2.71. The maximum absolute atomic E-state index is 12.4. The van der Waals surface area contributed by atoms with Gasteiger partial charge in [0.15, 0.2) is 0 Å². The lowest BCUT2D eigenvalue weighted by Gasteiger charge is -2.28. The number of rotatable bonds is 3. The summed E-state index contributed by atoms with van der Waals surface area (Å²) in [6, 6.07) is 15.5. The highest BCUT2D eigenvalue weighted by atomic mass is 16.5. The monoisotopic (exact) mass is 293 g/mol. The van der Waals surface area contributed by atoms with Crippen molar-refractivity contribution >= 4 is 5.91 Å². The zero-order valence-electron chi connectivity index (χ0n) is 12.8. The Hall–Kier alpha value is -2.55. The molecule has 0 aliphatic carbocycles. The molecule has 1 heterocycles. The van der Waals surface area contributed by atoms with E-state index in [1.165, 1.54) is 0 Å². The van der Waals surface area contributed by atoms with Crippen molar-refractivity contribution in [2.24, 2.45) is 0 Å². The zero-order chi connectivity index (χ0) is 15.5. The molecule has 0 saturated heterocycles. The quantitative estimate of drug-likeness (QED) is 0.854.